The minimum absolute atomic E-state index is 0.255. The van der Waals surface area contributed by atoms with Gasteiger partial charge in [0, 0.05) is 10.8 Å². The number of hydrogen-bond donors (Lipinski definition) is 0. The molecule has 1 saturated heterocycles. The fourth-order valence-corrected chi connectivity index (χ4v) is 3.88. The highest BCUT2D eigenvalue weighted by Crippen LogP contribution is 2.39. The molecule has 3 nitrogen and oxygen atoms in total. The van der Waals surface area contributed by atoms with Gasteiger partial charge in [-0.05, 0) is 56.4 Å². The Morgan fingerprint density at radius 3 is 2.17 bits per heavy atom. The summed E-state index contributed by atoms with van der Waals surface area (Å²) in [5, 5.41) is 1.56. The van der Waals surface area contributed by atoms with Crippen molar-refractivity contribution in [1.29, 1.82) is 0 Å². The molecular formula is C24H22BFO3. The zero-order chi connectivity index (χ0) is 20.4. The van der Waals surface area contributed by atoms with Crippen LogP contribution in [0, 0.1) is 5.82 Å². The monoisotopic (exact) mass is 388 g/mol. The molecule has 0 radical (unpaired) electrons. The summed E-state index contributed by atoms with van der Waals surface area (Å²) in [6, 6.07) is 19.1. The largest absolute Gasteiger partial charge is 0.495 e. The van der Waals surface area contributed by atoms with Crippen molar-refractivity contribution in [3.63, 3.8) is 0 Å². The zero-order valence-electron chi connectivity index (χ0n) is 17.0. The van der Waals surface area contributed by atoms with E-state index in [9.17, 15) is 4.39 Å². The normalized spacial score (nSPS) is 18.0. The van der Waals surface area contributed by atoms with Crippen LogP contribution in [0.3, 0.4) is 0 Å². The number of halogens is 1. The molecule has 0 aliphatic carbocycles. The summed E-state index contributed by atoms with van der Waals surface area (Å²) in [7, 11) is -0.574. The van der Waals surface area contributed by atoms with Crippen LogP contribution in [0.25, 0.3) is 33.1 Å². The smallest absolute Gasteiger partial charge is 0.453 e. The number of benzene rings is 3. The van der Waals surface area contributed by atoms with Gasteiger partial charge in [0.25, 0.3) is 0 Å². The van der Waals surface area contributed by atoms with Gasteiger partial charge in [0.1, 0.15) is 5.58 Å². The molecule has 1 fully saturated rings. The second kappa shape index (κ2) is 6.18. The summed E-state index contributed by atoms with van der Waals surface area (Å²) in [6.45, 7) is 8.10. The first-order valence-electron chi connectivity index (χ1n) is 9.82. The molecule has 5 rings (SSSR count). The van der Waals surface area contributed by atoms with Crippen molar-refractivity contribution >= 4 is 34.5 Å². The lowest BCUT2D eigenvalue weighted by atomic mass is 9.75. The maximum Gasteiger partial charge on any atom is 0.495 e. The van der Waals surface area contributed by atoms with Crippen LogP contribution in [0.1, 0.15) is 27.7 Å². The summed E-state index contributed by atoms with van der Waals surface area (Å²) < 4.78 is 33.1. The van der Waals surface area contributed by atoms with Gasteiger partial charge in [-0.15, -0.1) is 0 Å². The molecule has 0 amide bonds. The molecule has 1 aliphatic heterocycles. The minimum atomic E-state index is -0.574. The summed E-state index contributed by atoms with van der Waals surface area (Å²) in [5.74, 6) is -0.375. The average molecular weight is 388 g/mol. The number of rotatable bonds is 2. The van der Waals surface area contributed by atoms with Crippen LogP contribution in [0.15, 0.2) is 65.1 Å². The Bertz CT molecular complexity index is 1210. The minimum Gasteiger partial charge on any atom is -0.453 e. The van der Waals surface area contributed by atoms with E-state index in [2.05, 4.69) is 6.07 Å². The molecule has 146 valence electrons. The second-order valence-electron chi connectivity index (χ2n) is 8.61. The highest BCUT2D eigenvalue weighted by Gasteiger charge is 2.52. The molecule has 0 bridgehead atoms. The van der Waals surface area contributed by atoms with E-state index in [-0.39, 0.29) is 11.4 Å². The van der Waals surface area contributed by atoms with Crippen molar-refractivity contribution in [2.45, 2.75) is 38.9 Å². The summed E-state index contributed by atoms with van der Waals surface area (Å²) in [6.07, 6.45) is 0. The van der Waals surface area contributed by atoms with Crippen LogP contribution < -0.4 is 5.46 Å². The SMILES string of the molecule is CC1(C)OB(c2cc(-c3ccccc3)cc3oc4c(F)cccc4c23)OC1(C)C. The molecule has 0 N–H and O–H groups in total. The highest BCUT2D eigenvalue weighted by atomic mass is 19.1. The van der Waals surface area contributed by atoms with E-state index in [1.807, 2.05) is 70.2 Å². The van der Waals surface area contributed by atoms with E-state index in [1.54, 1.807) is 6.07 Å². The summed E-state index contributed by atoms with van der Waals surface area (Å²) >= 11 is 0. The van der Waals surface area contributed by atoms with Gasteiger partial charge >= 0.3 is 7.12 Å². The molecule has 0 spiro atoms. The van der Waals surface area contributed by atoms with E-state index < -0.39 is 18.3 Å². The van der Waals surface area contributed by atoms with Crippen molar-refractivity contribution in [3.8, 4) is 11.1 Å². The van der Waals surface area contributed by atoms with Crippen LogP contribution in [-0.2, 0) is 9.31 Å². The van der Waals surface area contributed by atoms with Crippen molar-refractivity contribution < 1.29 is 18.1 Å². The lowest BCUT2D eigenvalue weighted by Crippen LogP contribution is -2.41. The molecule has 1 aliphatic rings. The molecule has 0 saturated carbocycles. The molecule has 0 atom stereocenters. The van der Waals surface area contributed by atoms with Crippen LogP contribution in [0.4, 0.5) is 4.39 Å². The third-order valence-corrected chi connectivity index (χ3v) is 6.20. The third kappa shape index (κ3) is 2.80. The predicted octanol–water partition coefficient (Wildman–Crippen LogP) is 5.69. The molecule has 2 heterocycles. The quantitative estimate of drug-likeness (QED) is 0.414. The van der Waals surface area contributed by atoms with E-state index >= 15 is 0 Å². The number of fused-ring (bicyclic) bond motifs is 3. The van der Waals surface area contributed by atoms with Crippen molar-refractivity contribution in [1.82, 2.24) is 0 Å². The molecule has 4 aromatic rings. The molecule has 0 unspecified atom stereocenters. The number of hydrogen-bond acceptors (Lipinski definition) is 3. The summed E-state index contributed by atoms with van der Waals surface area (Å²) in [5.41, 5.74) is 2.80. The second-order valence-corrected chi connectivity index (χ2v) is 8.61. The third-order valence-electron chi connectivity index (χ3n) is 6.20. The topological polar surface area (TPSA) is 31.6 Å². The van der Waals surface area contributed by atoms with Crippen LogP contribution in [0.5, 0.6) is 0 Å². The Hall–Kier alpha value is -2.63. The van der Waals surface area contributed by atoms with Gasteiger partial charge in [-0.2, -0.15) is 0 Å². The maximum atomic E-state index is 14.4. The van der Waals surface area contributed by atoms with E-state index in [0.29, 0.717) is 5.58 Å². The Morgan fingerprint density at radius 2 is 1.48 bits per heavy atom. The van der Waals surface area contributed by atoms with Crippen LogP contribution >= 0.6 is 0 Å². The first kappa shape index (κ1) is 18.4. The van der Waals surface area contributed by atoms with Crippen LogP contribution in [-0.4, -0.2) is 18.3 Å². The van der Waals surface area contributed by atoms with Gasteiger partial charge in [0.15, 0.2) is 11.4 Å². The lowest BCUT2D eigenvalue weighted by molar-refractivity contribution is 0.00578. The van der Waals surface area contributed by atoms with Gasteiger partial charge in [-0.25, -0.2) is 4.39 Å². The Kier molecular flexibility index (Phi) is 3.93. The van der Waals surface area contributed by atoms with E-state index in [4.69, 9.17) is 13.7 Å². The highest BCUT2D eigenvalue weighted by molar-refractivity contribution is 6.66. The van der Waals surface area contributed by atoms with E-state index in [0.717, 1.165) is 27.4 Å². The van der Waals surface area contributed by atoms with Crippen LogP contribution in [0.2, 0.25) is 0 Å². The maximum absolute atomic E-state index is 14.4. The Balaban J connectivity index is 1.80. The number of para-hydroxylation sites is 1. The van der Waals surface area contributed by atoms with Gasteiger partial charge in [-0.3, -0.25) is 0 Å². The number of furan rings is 1. The first-order chi connectivity index (χ1) is 13.8. The van der Waals surface area contributed by atoms with E-state index in [1.165, 1.54) is 6.07 Å². The molecular weight excluding hydrogens is 366 g/mol. The van der Waals surface area contributed by atoms with Crippen molar-refractivity contribution in [2.75, 3.05) is 0 Å². The first-order valence-corrected chi connectivity index (χ1v) is 9.82. The zero-order valence-corrected chi connectivity index (χ0v) is 17.0. The summed E-state index contributed by atoms with van der Waals surface area (Å²) in [4.78, 5) is 0. The van der Waals surface area contributed by atoms with Gasteiger partial charge in [-0.1, -0.05) is 48.5 Å². The molecule has 5 heteroatoms. The van der Waals surface area contributed by atoms with Crippen molar-refractivity contribution in [2.24, 2.45) is 0 Å². The fraction of sp³-hybridized carbons (Fsp3) is 0.250. The van der Waals surface area contributed by atoms with Gasteiger partial charge < -0.3 is 13.7 Å². The fourth-order valence-electron chi connectivity index (χ4n) is 3.88. The molecule has 3 aromatic carbocycles. The average Bonchev–Trinajstić information content (AvgIpc) is 3.16. The standard InChI is InChI=1S/C24H22BFO3/c1-23(2)24(3,4)29-25(28-23)18-13-16(15-9-6-5-7-10-15)14-20-21(18)17-11-8-12-19(26)22(17)27-20/h5-14H,1-4H3. The van der Waals surface area contributed by atoms with Crippen molar-refractivity contribution in [3.05, 3.63) is 66.5 Å². The van der Waals surface area contributed by atoms with Gasteiger partial charge in [0.05, 0.1) is 11.2 Å². The molecule has 1 aromatic heterocycles. The lowest BCUT2D eigenvalue weighted by Gasteiger charge is -2.32. The Morgan fingerprint density at radius 1 is 0.793 bits per heavy atom. The predicted molar refractivity (Wildman–Crippen MR) is 115 cm³/mol. The van der Waals surface area contributed by atoms with Gasteiger partial charge in [0.2, 0.25) is 0 Å². The Labute approximate surface area is 169 Å². The molecule has 29 heavy (non-hydrogen) atoms.